The van der Waals surface area contributed by atoms with Gasteiger partial charge in [-0.1, -0.05) is 6.07 Å². The fraction of sp³-hybridized carbons (Fsp3) is 0. The van der Waals surface area contributed by atoms with Gasteiger partial charge < -0.3 is 0 Å². The van der Waals surface area contributed by atoms with E-state index >= 15 is 0 Å². The molecule has 0 atom stereocenters. The van der Waals surface area contributed by atoms with Gasteiger partial charge in [0.2, 0.25) is 11.1 Å². The summed E-state index contributed by atoms with van der Waals surface area (Å²) in [7, 11) is 0. The van der Waals surface area contributed by atoms with Crippen LogP contribution in [0.25, 0.3) is 5.65 Å². The first-order valence-corrected chi connectivity index (χ1v) is 5.96. The van der Waals surface area contributed by atoms with Crippen molar-refractivity contribution in [1.29, 1.82) is 0 Å². The molecule has 0 bridgehead atoms. The van der Waals surface area contributed by atoms with Gasteiger partial charge in [-0.3, -0.25) is 4.40 Å². The fourth-order valence-corrected chi connectivity index (χ4v) is 2.27. The number of halogens is 3. The molecule has 8 heteroatoms. The topological polar surface area (TPSA) is 43.1 Å². The Bertz CT molecular complexity index is 759. The van der Waals surface area contributed by atoms with Crippen molar-refractivity contribution in [1.82, 2.24) is 19.6 Å². The smallest absolute Gasteiger partial charge is 0.250 e. The molecule has 0 unspecified atom stereocenters. The van der Waals surface area contributed by atoms with Gasteiger partial charge in [-0.05, 0) is 23.9 Å². The van der Waals surface area contributed by atoms with E-state index in [-0.39, 0.29) is 5.03 Å². The first-order valence-electron chi connectivity index (χ1n) is 5.14. The van der Waals surface area contributed by atoms with Gasteiger partial charge in [0.05, 0.1) is 0 Å². The number of hydrogen-bond donors (Lipinski definition) is 0. The molecule has 0 aliphatic rings. The number of rotatable bonds is 2. The molecule has 0 fully saturated rings. The highest BCUT2D eigenvalue weighted by Gasteiger charge is 2.15. The molecule has 96 valence electrons. The number of aromatic nitrogens is 4. The van der Waals surface area contributed by atoms with Gasteiger partial charge in [-0.15, -0.1) is 10.2 Å². The zero-order chi connectivity index (χ0) is 13.4. The summed E-state index contributed by atoms with van der Waals surface area (Å²) in [6.07, 6.45) is 1.68. The molecule has 3 aromatic rings. The van der Waals surface area contributed by atoms with Gasteiger partial charge in [0, 0.05) is 12.3 Å². The summed E-state index contributed by atoms with van der Waals surface area (Å²) in [6.45, 7) is 0. The van der Waals surface area contributed by atoms with Crippen molar-refractivity contribution in [3.63, 3.8) is 0 Å². The first kappa shape index (κ1) is 12.0. The van der Waals surface area contributed by atoms with Crippen LogP contribution in [-0.2, 0) is 0 Å². The molecule has 3 aromatic heterocycles. The van der Waals surface area contributed by atoms with E-state index in [0.29, 0.717) is 16.9 Å². The van der Waals surface area contributed by atoms with Gasteiger partial charge in [-0.2, -0.15) is 4.39 Å². The van der Waals surface area contributed by atoms with E-state index in [0.717, 1.165) is 11.8 Å². The summed E-state index contributed by atoms with van der Waals surface area (Å²) in [5, 5.41) is 7.71. The molecule has 4 nitrogen and oxygen atoms in total. The molecule has 0 aromatic carbocycles. The van der Waals surface area contributed by atoms with Crippen molar-refractivity contribution >= 4 is 17.4 Å². The monoisotopic (exact) mass is 282 g/mol. The standard InChI is InChI=1S/C11H5F3N4S/c12-6-5-7(13)10(15-9(6)14)19-11-17-16-8-3-1-2-4-18(8)11/h1-5H. The molecule has 3 rings (SSSR count). The summed E-state index contributed by atoms with van der Waals surface area (Å²) < 4.78 is 40.8. The van der Waals surface area contributed by atoms with Crippen molar-refractivity contribution in [3.8, 4) is 0 Å². The Morgan fingerprint density at radius 1 is 1.05 bits per heavy atom. The third-order valence-electron chi connectivity index (χ3n) is 2.32. The van der Waals surface area contributed by atoms with Crippen molar-refractivity contribution in [2.24, 2.45) is 0 Å². The number of nitrogens with zero attached hydrogens (tertiary/aromatic N) is 4. The molecule has 19 heavy (non-hydrogen) atoms. The largest absolute Gasteiger partial charge is 0.277 e. The second-order valence-corrected chi connectivity index (χ2v) is 4.52. The molecule has 3 heterocycles. The number of fused-ring (bicyclic) bond motifs is 1. The van der Waals surface area contributed by atoms with Crippen LogP contribution in [0.2, 0.25) is 0 Å². The van der Waals surface area contributed by atoms with Crippen LogP contribution >= 0.6 is 11.8 Å². The highest BCUT2D eigenvalue weighted by Crippen LogP contribution is 2.27. The van der Waals surface area contributed by atoms with Gasteiger partial charge in [0.1, 0.15) is 5.03 Å². The van der Waals surface area contributed by atoms with Crippen LogP contribution < -0.4 is 0 Å². The van der Waals surface area contributed by atoms with E-state index in [4.69, 9.17) is 0 Å². The van der Waals surface area contributed by atoms with E-state index in [9.17, 15) is 13.2 Å². The van der Waals surface area contributed by atoms with Gasteiger partial charge in [-0.25, -0.2) is 13.8 Å². The van der Waals surface area contributed by atoms with E-state index < -0.39 is 17.6 Å². The van der Waals surface area contributed by atoms with Crippen LogP contribution in [0.5, 0.6) is 0 Å². The lowest BCUT2D eigenvalue weighted by Gasteiger charge is -2.01. The third-order valence-corrected chi connectivity index (χ3v) is 3.27. The Labute approximate surface area is 109 Å². The maximum Gasteiger partial charge on any atom is 0.250 e. The summed E-state index contributed by atoms with van der Waals surface area (Å²) in [4.78, 5) is 3.22. The third kappa shape index (κ3) is 2.14. The van der Waals surface area contributed by atoms with Gasteiger partial charge >= 0.3 is 0 Å². The highest BCUT2D eigenvalue weighted by atomic mass is 32.2. The predicted octanol–water partition coefficient (Wildman–Crippen LogP) is 2.69. The molecule has 0 saturated carbocycles. The second kappa shape index (κ2) is 4.54. The molecule has 0 aliphatic heterocycles. The first-order chi connectivity index (χ1) is 9.15. The number of hydrogen-bond acceptors (Lipinski definition) is 4. The predicted molar refractivity (Wildman–Crippen MR) is 61.2 cm³/mol. The average molecular weight is 282 g/mol. The van der Waals surface area contributed by atoms with Crippen LogP contribution in [0.15, 0.2) is 40.6 Å². The molecule has 0 radical (unpaired) electrons. The minimum Gasteiger partial charge on any atom is -0.277 e. The van der Waals surface area contributed by atoms with Crippen LogP contribution in [0.1, 0.15) is 0 Å². The number of pyridine rings is 2. The summed E-state index contributed by atoms with van der Waals surface area (Å²) in [5.74, 6) is -3.62. The fourth-order valence-electron chi connectivity index (χ4n) is 1.48. The molecular formula is C11H5F3N4S. The van der Waals surface area contributed by atoms with Gasteiger partial charge in [0.15, 0.2) is 17.3 Å². The zero-order valence-corrected chi connectivity index (χ0v) is 10.0. The lowest BCUT2D eigenvalue weighted by molar-refractivity contribution is 0.448. The Morgan fingerprint density at radius 3 is 2.74 bits per heavy atom. The molecule has 0 spiro atoms. The quantitative estimate of drug-likeness (QED) is 0.678. The van der Waals surface area contributed by atoms with E-state index in [2.05, 4.69) is 15.2 Å². The van der Waals surface area contributed by atoms with E-state index in [1.165, 1.54) is 0 Å². The SMILES string of the molecule is Fc1cc(F)c(Sc2nnc3ccccn23)nc1F. The molecular weight excluding hydrogens is 277 g/mol. The lowest BCUT2D eigenvalue weighted by atomic mass is 10.4. The highest BCUT2D eigenvalue weighted by molar-refractivity contribution is 7.99. The zero-order valence-electron chi connectivity index (χ0n) is 9.22. The summed E-state index contributed by atoms with van der Waals surface area (Å²) in [6, 6.07) is 5.68. The summed E-state index contributed by atoms with van der Waals surface area (Å²) in [5.41, 5.74) is 0.563. The second-order valence-electron chi connectivity index (χ2n) is 3.56. The Morgan fingerprint density at radius 2 is 1.89 bits per heavy atom. The maximum absolute atomic E-state index is 13.5. The molecule has 0 saturated heterocycles. The van der Waals surface area contributed by atoms with Crippen molar-refractivity contribution < 1.29 is 13.2 Å². The van der Waals surface area contributed by atoms with E-state index in [1.54, 1.807) is 28.8 Å². The maximum atomic E-state index is 13.5. The normalized spacial score (nSPS) is 11.1. The molecule has 0 aliphatic carbocycles. The van der Waals surface area contributed by atoms with Crippen molar-refractivity contribution in [3.05, 3.63) is 48.0 Å². The molecule has 0 amide bonds. The Kier molecular flexibility index (Phi) is 2.86. The van der Waals surface area contributed by atoms with Crippen molar-refractivity contribution in [2.75, 3.05) is 0 Å². The Balaban J connectivity index is 2.04. The average Bonchev–Trinajstić information content (AvgIpc) is 2.80. The summed E-state index contributed by atoms with van der Waals surface area (Å²) >= 11 is 0.770. The van der Waals surface area contributed by atoms with Crippen molar-refractivity contribution in [2.45, 2.75) is 10.2 Å². The molecule has 0 N–H and O–H groups in total. The van der Waals surface area contributed by atoms with Crippen LogP contribution in [-0.4, -0.2) is 19.6 Å². The van der Waals surface area contributed by atoms with E-state index in [1.807, 2.05) is 0 Å². The van der Waals surface area contributed by atoms with Crippen LogP contribution in [0, 0.1) is 17.6 Å². The van der Waals surface area contributed by atoms with Gasteiger partial charge in [0.25, 0.3) is 0 Å². The Hall–Kier alpha value is -2.09. The minimum absolute atomic E-state index is 0.294. The van der Waals surface area contributed by atoms with Crippen LogP contribution in [0.4, 0.5) is 13.2 Å². The van der Waals surface area contributed by atoms with Crippen LogP contribution in [0.3, 0.4) is 0 Å². The lowest BCUT2D eigenvalue weighted by Crippen LogP contribution is -1.96. The minimum atomic E-state index is -1.35.